The third kappa shape index (κ3) is 2.94. The second-order valence-corrected chi connectivity index (χ2v) is 10.4. The second-order valence-electron chi connectivity index (χ2n) is 5.61. The number of hydrogen-bond acceptors (Lipinski definition) is 2. The molecule has 1 aromatic rings. The van der Waals surface area contributed by atoms with Gasteiger partial charge in [0.1, 0.15) is 8.07 Å². The number of carbonyl (C=O) groups excluding carboxylic acids is 2. The summed E-state index contributed by atoms with van der Waals surface area (Å²) in [5, 5.41) is 0. The van der Waals surface area contributed by atoms with E-state index >= 15 is 0 Å². The van der Waals surface area contributed by atoms with E-state index < -0.39 is 8.07 Å². The quantitative estimate of drug-likeness (QED) is 0.471. The molecule has 0 bridgehead atoms. The molecule has 0 N–H and O–H groups in total. The summed E-state index contributed by atoms with van der Waals surface area (Å²) in [4.78, 5) is 25.4. The summed E-state index contributed by atoms with van der Waals surface area (Å²) in [5.41, 5.74) is 4.25. The van der Waals surface area contributed by atoms with Crippen LogP contribution in [0.5, 0.6) is 0 Å². The van der Waals surface area contributed by atoms with Gasteiger partial charge in [-0.2, -0.15) is 0 Å². The van der Waals surface area contributed by atoms with Crippen LogP contribution in [0.1, 0.15) is 27.1 Å². The molecule has 0 aliphatic carbocycles. The van der Waals surface area contributed by atoms with Gasteiger partial charge in [0, 0.05) is 13.0 Å². The fraction of sp³-hybridized carbons (Fsp3) is 0.333. The summed E-state index contributed by atoms with van der Waals surface area (Å²) in [6.07, 6.45) is 0.551. The molecule has 0 unspecified atom stereocenters. The van der Waals surface area contributed by atoms with Crippen molar-refractivity contribution < 1.29 is 9.59 Å². The van der Waals surface area contributed by atoms with Crippen molar-refractivity contribution in [1.29, 1.82) is 0 Å². The summed E-state index contributed by atoms with van der Waals surface area (Å²) in [6.45, 7) is 6.88. The topological polar surface area (TPSA) is 37.4 Å². The van der Waals surface area contributed by atoms with Crippen molar-refractivity contribution in [2.45, 2.75) is 26.1 Å². The van der Waals surface area contributed by atoms with E-state index in [2.05, 4.69) is 31.1 Å². The molecule has 1 heterocycles. The lowest BCUT2D eigenvalue weighted by molar-refractivity contribution is 0.0658. The van der Waals surface area contributed by atoms with Gasteiger partial charge in [-0.25, -0.2) is 0 Å². The minimum Gasteiger partial charge on any atom is -0.273 e. The molecule has 0 saturated heterocycles. The van der Waals surface area contributed by atoms with Crippen LogP contribution >= 0.6 is 0 Å². The van der Waals surface area contributed by atoms with E-state index in [4.69, 9.17) is 0 Å². The summed E-state index contributed by atoms with van der Waals surface area (Å²) < 4.78 is 0. The molecule has 19 heavy (non-hydrogen) atoms. The number of benzene rings is 1. The number of hydrogen-bond donors (Lipinski definition) is 0. The van der Waals surface area contributed by atoms with Crippen molar-refractivity contribution >= 4 is 19.9 Å². The highest BCUT2D eigenvalue weighted by atomic mass is 28.3. The van der Waals surface area contributed by atoms with Crippen molar-refractivity contribution in [3.8, 4) is 11.5 Å². The van der Waals surface area contributed by atoms with Crippen LogP contribution in [0.25, 0.3) is 0 Å². The van der Waals surface area contributed by atoms with Crippen LogP contribution in [0, 0.1) is 11.5 Å². The first-order chi connectivity index (χ1) is 8.90. The Morgan fingerprint density at radius 1 is 1.05 bits per heavy atom. The molecule has 1 aliphatic rings. The van der Waals surface area contributed by atoms with Gasteiger partial charge in [-0.05, 0) is 12.1 Å². The lowest BCUT2D eigenvalue weighted by atomic mass is 10.1. The average molecular weight is 271 g/mol. The van der Waals surface area contributed by atoms with Gasteiger partial charge in [0.25, 0.3) is 11.8 Å². The summed E-state index contributed by atoms with van der Waals surface area (Å²) >= 11 is 0. The minimum absolute atomic E-state index is 0.199. The molecule has 0 radical (unpaired) electrons. The number of amides is 2. The minimum atomic E-state index is -1.38. The predicted octanol–water partition coefficient (Wildman–Crippen LogP) is 2.55. The predicted molar refractivity (Wildman–Crippen MR) is 77.5 cm³/mol. The SMILES string of the molecule is C[Si](C)(C)C#CCCN1C(=O)c2ccccc2C1=O. The first kappa shape index (κ1) is 13.6. The van der Waals surface area contributed by atoms with E-state index in [9.17, 15) is 9.59 Å². The van der Waals surface area contributed by atoms with E-state index in [-0.39, 0.29) is 11.8 Å². The first-order valence-electron chi connectivity index (χ1n) is 6.35. The van der Waals surface area contributed by atoms with E-state index in [1.165, 1.54) is 4.90 Å². The van der Waals surface area contributed by atoms with Crippen LogP contribution in [0.3, 0.4) is 0 Å². The van der Waals surface area contributed by atoms with Crippen molar-refractivity contribution in [2.24, 2.45) is 0 Å². The Morgan fingerprint density at radius 2 is 1.58 bits per heavy atom. The second kappa shape index (κ2) is 5.02. The number of nitrogens with zero attached hydrogens (tertiary/aromatic N) is 1. The van der Waals surface area contributed by atoms with Crippen molar-refractivity contribution in [3.63, 3.8) is 0 Å². The Kier molecular flexibility index (Phi) is 3.58. The number of rotatable bonds is 2. The highest BCUT2D eigenvalue weighted by Gasteiger charge is 2.34. The van der Waals surface area contributed by atoms with Gasteiger partial charge in [0.2, 0.25) is 0 Å². The van der Waals surface area contributed by atoms with Gasteiger partial charge in [-0.15, -0.1) is 11.5 Å². The maximum absolute atomic E-state index is 12.1. The molecule has 0 fully saturated rings. The fourth-order valence-electron chi connectivity index (χ4n) is 1.94. The van der Waals surface area contributed by atoms with Crippen LogP contribution in [0.2, 0.25) is 19.6 Å². The number of carbonyl (C=O) groups is 2. The molecular weight excluding hydrogens is 254 g/mol. The number of imide groups is 1. The Hall–Kier alpha value is -1.86. The van der Waals surface area contributed by atoms with Crippen molar-refractivity contribution in [1.82, 2.24) is 4.90 Å². The monoisotopic (exact) mass is 271 g/mol. The molecule has 0 aromatic heterocycles. The fourth-order valence-corrected chi connectivity index (χ4v) is 2.59. The van der Waals surface area contributed by atoms with Gasteiger partial charge in [0.05, 0.1) is 11.1 Å². The molecule has 1 aromatic carbocycles. The average Bonchev–Trinajstić information content (AvgIpc) is 2.58. The van der Waals surface area contributed by atoms with Gasteiger partial charge < -0.3 is 0 Å². The smallest absolute Gasteiger partial charge is 0.261 e. The Bertz CT molecular complexity index is 555. The summed E-state index contributed by atoms with van der Waals surface area (Å²) in [5.74, 6) is 2.69. The van der Waals surface area contributed by atoms with E-state index in [1.54, 1.807) is 24.3 Å². The summed E-state index contributed by atoms with van der Waals surface area (Å²) in [6, 6.07) is 6.95. The zero-order chi connectivity index (χ0) is 14.0. The maximum Gasteiger partial charge on any atom is 0.261 e. The van der Waals surface area contributed by atoms with Crippen LogP contribution in [-0.2, 0) is 0 Å². The zero-order valence-electron chi connectivity index (χ0n) is 11.5. The molecule has 98 valence electrons. The molecule has 4 heteroatoms. The van der Waals surface area contributed by atoms with Crippen LogP contribution in [0.15, 0.2) is 24.3 Å². The van der Waals surface area contributed by atoms with Gasteiger partial charge in [0.15, 0.2) is 0 Å². The highest BCUT2D eigenvalue weighted by Crippen LogP contribution is 2.22. The molecule has 1 aliphatic heterocycles. The molecule has 0 spiro atoms. The molecule has 0 saturated carbocycles. The molecule has 3 nitrogen and oxygen atoms in total. The van der Waals surface area contributed by atoms with Crippen LogP contribution in [0.4, 0.5) is 0 Å². The lowest BCUT2D eigenvalue weighted by Gasteiger charge is -2.11. The van der Waals surface area contributed by atoms with E-state index in [1.807, 2.05) is 0 Å². The Morgan fingerprint density at radius 3 is 2.05 bits per heavy atom. The Balaban J connectivity index is 2.06. The third-order valence-corrected chi connectivity index (χ3v) is 3.73. The Labute approximate surface area is 114 Å². The normalized spacial score (nSPS) is 14.2. The zero-order valence-corrected chi connectivity index (χ0v) is 12.5. The lowest BCUT2D eigenvalue weighted by Crippen LogP contribution is -2.30. The maximum atomic E-state index is 12.1. The number of fused-ring (bicyclic) bond motifs is 1. The molecule has 0 atom stereocenters. The van der Waals surface area contributed by atoms with E-state index in [0.29, 0.717) is 24.1 Å². The molecule has 2 rings (SSSR count). The van der Waals surface area contributed by atoms with Crippen molar-refractivity contribution in [3.05, 3.63) is 35.4 Å². The summed E-state index contributed by atoms with van der Waals surface area (Å²) in [7, 11) is -1.38. The third-order valence-electron chi connectivity index (χ3n) is 2.80. The van der Waals surface area contributed by atoms with Crippen LogP contribution in [-0.4, -0.2) is 31.3 Å². The molecular formula is C15H17NO2Si. The first-order valence-corrected chi connectivity index (χ1v) is 9.85. The molecule has 2 amide bonds. The van der Waals surface area contributed by atoms with Gasteiger partial charge in [-0.3, -0.25) is 14.5 Å². The van der Waals surface area contributed by atoms with Gasteiger partial charge >= 0.3 is 0 Å². The highest BCUT2D eigenvalue weighted by molar-refractivity contribution is 6.83. The van der Waals surface area contributed by atoms with E-state index in [0.717, 1.165) is 0 Å². The largest absolute Gasteiger partial charge is 0.273 e. The van der Waals surface area contributed by atoms with Crippen molar-refractivity contribution in [2.75, 3.05) is 6.54 Å². The standard InChI is InChI=1S/C15H17NO2Si/c1-19(2,3)11-7-6-10-16-14(17)12-8-4-5-9-13(12)15(16)18/h4-5,8-9H,6,10H2,1-3H3. The van der Waals surface area contributed by atoms with Gasteiger partial charge in [-0.1, -0.05) is 31.8 Å². The van der Waals surface area contributed by atoms with Crippen LogP contribution < -0.4 is 0 Å².